The molecule has 4 aromatic rings. The molecule has 9 heteroatoms. The molecule has 0 aliphatic rings. The Kier molecular flexibility index (Phi) is 7.82. The lowest BCUT2D eigenvalue weighted by Gasteiger charge is -2.12. The molecule has 0 aliphatic heterocycles. The van der Waals surface area contributed by atoms with Gasteiger partial charge in [0, 0.05) is 17.8 Å². The van der Waals surface area contributed by atoms with Crippen LogP contribution in [-0.2, 0) is 0 Å². The van der Waals surface area contributed by atoms with E-state index in [9.17, 15) is 14.7 Å². The number of anilines is 1. The van der Waals surface area contributed by atoms with Gasteiger partial charge in [-0.3, -0.25) is 9.78 Å². The van der Waals surface area contributed by atoms with Crippen LogP contribution in [0.1, 0.15) is 34.7 Å². The Balaban J connectivity index is 0.00000149. The first kappa shape index (κ1) is 24.0. The number of aromatic nitrogens is 3. The molecule has 0 atom stereocenters. The molecule has 0 aliphatic carbocycles. The van der Waals surface area contributed by atoms with Crippen molar-refractivity contribution >= 4 is 40.9 Å². The maximum atomic E-state index is 13.0. The molecule has 0 bridgehead atoms. The molecular weight excluding hydrogens is 463 g/mol. The van der Waals surface area contributed by atoms with Crippen LogP contribution >= 0.6 is 23.2 Å². The van der Waals surface area contributed by atoms with Crippen molar-refractivity contribution in [1.29, 1.82) is 0 Å². The van der Waals surface area contributed by atoms with Gasteiger partial charge in [0.2, 0.25) is 0 Å². The van der Waals surface area contributed by atoms with Crippen molar-refractivity contribution in [1.82, 2.24) is 14.8 Å². The van der Waals surface area contributed by atoms with Crippen LogP contribution in [0.5, 0.6) is 0 Å². The summed E-state index contributed by atoms with van der Waals surface area (Å²) in [5.74, 6) is -1.58. The molecule has 168 valence electrons. The zero-order chi connectivity index (χ0) is 24.0. The molecule has 7 nitrogen and oxygen atoms in total. The highest BCUT2D eigenvalue weighted by molar-refractivity contribution is 6.38. The van der Waals surface area contributed by atoms with E-state index in [1.807, 2.05) is 19.9 Å². The molecule has 4 rings (SSSR count). The molecule has 0 saturated carbocycles. The molecule has 0 fully saturated rings. The van der Waals surface area contributed by atoms with E-state index in [-0.39, 0.29) is 22.1 Å². The fourth-order valence-corrected chi connectivity index (χ4v) is 3.53. The summed E-state index contributed by atoms with van der Waals surface area (Å²) in [6, 6.07) is 18.5. The predicted molar refractivity (Wildman–Crippen MR) is 130 cm³/mol. The highest BCUT2D eigenvalue weighted by atomic mass is 35.5. The first-order valence-corrected chi connectivity index (χ1v) is 10.8. The number of carbonyl (C=O) groups excluding carboxylic acids is 1. The van der Waals surface area contributed by atoms with Gasteiger partial charge in [0.25, 0.3) is 5.91 Å². The Hall–Kier alpha value is -3.68. The number of halogens is 2. The fourth-order valence-electron chi connectivity index (χ4n) is 2.97. The van der Waals surface area contributed by atoms with Crippen LogP contribution < -0.4 is 5.32 Å². The summed E-state index contributed by atoms with van der Waals surface area (Å²) in [4.78, 5) is 28.7. The van der Waals surface area contributed by atoms with Crippen LogP contribution in [0.3, 0.4) is 0 Å². The third kappa shape index (κ3) is 5.39. The molecule has 2 aromatic heterocycles. The number of aromatic carboxylic acids is 1. The fraction of sp³-hybridized carbons (Fsp3) is 0.0833. The van der Waals surface area contributed by atoms with Crippen LogP contribution in [0.4, 0.5) is 5.82 Å². The van der Waals surface area contributed by atoms with Gasteiger partial charge in [-0.25, -0.2) is 9.48 Å². The monoisotopic (exact) mass is 482 g/mol. The summed E-state index contributed by atoms with van der Waals surface area (Å²) < 4.78 is 1.34. The number of nitrogens with zero attached hydrogens (tertiary/aromatic N) is 3. The number of hydrogen-bond acceptors (Lipinski definition) is 4. The van der Waals surface area contributed by atoms with E-state index in [1.54, 1.807) is 54.7 Å². The van der Waals surface area contributed by atoms with Crippen LogP contribution in [0.2, 0.25) is 10.0 Å². The number of benzene rings is 2. The number of carbonyl (C=O) groups is 2. The van der Waals surface area contributed by atoms with Crippen LogP contribution in [-0.4, -0.2) is 31.7 Å². The van der Waals surface area contributed by atoms with E-state index < -0.39 is 11.9 Å². The quantitative estimate of drug-likeness (QED) is 0.351. The van der Waals surface area contributed by atoms with Gasteiger partial charge in [-0.15, -0.1) is 0 Å². The molecule has 1 amide bonds. The minimum atomic E-state index is -1.22. The second-order valence-electron chi connectivity index (χ2n) is 6.45. The third-order valence-electron chi connectivity index (χ3n) is 4.41. The zero-order valence-corrected chi connectivity index (χ0v) is 19.3. The second-order valence-corrected chi connectivity index (χ2v) is 7.26. The highest BCUT2D eigenvalue weighted by Gasteiger charge is 2.20. The minimum Gasteiger partial charge on any atom is -0.476 e. The lowest BCUT2D eigenvalue weighted by molar-refractivity contribution is 0.0689. The summed E-state index contributed by atoms with van der Waals surface area (Å²) in [5.41, 5.74) is 1.65. The molecule has 33 heavy (non-hydrogen) atoms. The summed E-state index contributed by atoms with van der Waals surface area (Å²) in [6.45, 7) is 4.00. The van der Waals surface area contributed by atoms with Crippen molar-refractivity contribution in [2.45, 2.75) is 13.8 Å². The Labute approximate surface area is 200 Å². The van der Waals surface area contributed by atoms with Gasteiger partial charge < -0.3 is 10.4 Å². The minimum absolute atomic E-state index is 0.145. The van der Waals surface area contributed by atoms with Gasteiger partial charge in [-0.2, -0.15) is 5.10 Å². The second kappa shape index (κ2) is 10.8. The molecule has 0 spiro atoms. The largest absolute Gasteiger partial charge is 0.476 e. The van der Waals surface area contributed by atoms with Crippen LogP contribution in [0.25, 0.3) is 16.9 Å². The van der Waals surface area contributed by atoms with Crippen molar-refractivity contribution in [2.75, 3.05) is 5.32 Å². The number of rotatable bonds is 5. The van der Waals surface area contributed by atoms with Gasteiger partial charge >= 0.3 is 5.97 Å². The van der Waals surface area contributed by atoms with Gasteiger partial charge in [0.15, 0.2) is 5.69 Å². The topological polar surface area (TPSA) is 97.1 Å². The van der Waals surface area contributed by atoms with E-state index in [4.69, 9.17) is 23.2 Å². The average molecular weight is 483 g/mol. The molecule has 0 saturated heterocycles. The van der Waals surface area contributed by atoms with Crippen molar-refractivity contribution in [3.8, 4) is 16.9 Å². The Morgan fingerprint density at radius 1 is 0.939 bits per heavy atom. The average Bonchev–Trinajstić information content (AvgIpc) is 3.25. The Morgan fingerprint density at radius 2 is 1.64 bits per heavy atom. The standard InChI is InChI=1S/C22H14Cl2N4O3.C2H6/c23-16-11-17(24)15(10-14(16)18-8-4-5-9-25-18)21(29)26-20-12-19(22(30)31)27-28(20)13-6-2-1-3-7-13;1-2/h1-12H,(H,26,29)(H,30,31);1-2H3. The molecule has 0 radical (unpaired) electrons. The SMILES string of the molecule is CC.O=C(O)c1cc(NC(=O)c2cc(-c3ccccn3)c(Cl)cc2Cl)n(-c2ccccc2)n1. The Bertz CT molecular complexity index is 1280. The van der Waals surface area contributed by atoms with Gasteiger partial charge in [-0.1, -0.05) is 61.3 Å². The van der Waals surface area contributed by atoms with Crippen molar-refractivity contribution in [2.24, 2.45) is 0 Å². The maximum Gasteiger partial charge on any atom is 0.356 e. The number of hydrogen-bond donors (Lipinski definition) is 2. The molecule has 2 aromatic carbocycles. The number of carboxylic acid groups (broad SMARTS) is 1. The summed E-state index contributed by atoms with van der Waals surface area (Å²) >= 11 is 12.6. The lowest BCUT2D eigenvalue weighted by atomic mass is 10.1. The van der Waals surface area contributed by atoms with E-state index in [2.05, 4.69) is 15.4 Å². The van der Waals surface area contributed by atoms with E-state index in [0.717, 1.165) is 0 Å². The lowest BCUT2D eigenvalue weighted by Crippen LogP contribution is -2.16. The van der Waals surface area contributed by atoms with Gasteiger partial charge in [-0.05, 0) is 36.4 Å². The van der Waals surface area contributed by atoms with Crippen molar-refractivity contribution in [3.05, 3.63) is 94.2 Å². The van der Waals surface area contributed by atoms with Crippen molar-refractivity contribution in [3.63, 3.8) is 0 Å². The van der Waals surface area contributed by atoms with Crippen LogP contribution in [0, 0.1) is 0 Å². The Morgan fingerprint density at radius 3 is 2.27 bits per heavy atom. The van der Waals surface area contributed by atoms with E-state index in [1.165, 1.54) is 16.8 Å². The number of para-hydroxylation sites is 1. The smallest absolute Gasteiger partial charge is 0.356 e. The molecular formula is C24H20Cl2N4O3. The van der Waals surface area contributed by atoms with Crippen molar-refractivity contribution < 1.29 is 14.7 Å². The molecule has 2 heterocycles. The number of carboxylic acids is 1. The van der Waals surface area contributed by atoms with Gasteiger partial charge in [0.1, 0.15) is 5.82 Å². The first-order valence-electron chi connectivity index (χ1n) is 10.0. The zero-order valence-electron chi connectivity index (χ0n) is 17.8. The van der Waals surface area contributed by atoms with E-state index in [0.29, 0.717) is 22.0 Å². The summed E-state index contributed by atoms with van der Waals surface area (Å²) in [6.07, 6.45) is 1.62. The third-order valence-corrected chi connectivity index (χ3v) is 5.04. The van der Waals surface area contributed by atoms with Gasteiger partial charge in [0.05, 0.1) is 27.0 Å². The van der Waals surface area contributed by atoms with Crippen LogP contribution in [0.15, 0.2) is 72.9 Å². The normalized spacial score (nSPS) is 10.2. The highest BCUT2D eigenvalue weighted by Crippen LogP contribution is 2.32. The predicted octanol–water partition coefficient (Wildman–Crippen LogP) is 6.22. The molecule has 2 N–H and O–H groups in total. The number of amides is 1. The number of pyridine rings is 1. The molecule has 0 unspecified atom stereocenters. The summed E-state index contributed by atoms with van der Waals surface area (Å²) in [5, 5.41) is 16.6. The summed E-state index contributed by atoms with van der Waals surface area (Å²) in [7, 11) is 0. The maximum absolute atomic E-state index is 13.0. The first-order chi connectivity index (χ1) is 15.9. The van der Waals surface area contributed by atoms with E-state index >= 15 is 0 Å². The number of nitrogens with one attached hydrogen (secondary N) is 1.